The zero-order chi connectivity index (χ0) is 42.1. The fraction of sp³-hybridized carbons (Fsp3) is 0.654. The number of aromatic nitrogens is 4. The molecule has 2 aromatic rings. The van der Waals surface area contributed by atoms with Crippen LogP contribution in [0.15, 0.2) is 12.7 Å². The average molecular weight is 942 g/mol. The summed E-state index contributed by atoms with van der Waals surface area (Å²) in [5, 5.41) is 26.7. The van der Waals surface area contributed by atoms with Crippen LogP contribution in [0.2, 0.25) is 5.21 Å². The number of aliphatic hydroxyl groups excluding tert-OH is 2. The fourth-order valence-electron chi connectivity index (χ4n) is 4.76. The topological polar surface area (TPSA) is 381 Å². The second-order valence-electron chi connectivity index (χ2n) is 12.5. The number of amides is 2. The van der Waals surface area contributed by atoms with Gasteiger partial charge in [0, 0.05) is 5.41 Å². The molecular weight excluding hydrogens is 898 g/mol. The van der Waals surface area contributed by atoms with Crippen molar-refractivity contribution in [2.24, 2.45) is 5.41 Å². The normalized spacial score (nSPS) is 21.6. The molecule has 316 valence electrons. The van der Waals surface area contributed by atoms with Crippen LogP contribution in [-0.2, 0) is 55.5 Å². The molecule has 0 aromatic carbocycles. The van der Waals surface area contributed by atoms with Gasteiger partial charge < -0.3 is 45.6 Å². The van der Waals surface area contributed by atoms with E-state index in [0.717, 1.165) is 29.0 Å². The Labute approximate surface area is 331 Å². The summed E-state index contributed by atoms with van der Waals surface area (Å²) in [4.78, 5) is 98.8. The van der Waals surface area contributed by atoms with E-state index in [4.69, 9.17) is 19.5 Å². The Morgan fingerprint density at radius 1 is 1.05 bits per heavy atom. The van der Waals surface area contributed by atoms with Gasteiger partial charge in [-0.1, -0.05) is 13.8 Å². The van der Waals surface area contributed by atoms with E-state index in [1.165, 1.54) is 30.7 Å². The van der Waals surface area contributed by atoms with Gasteiger partial charge in [0.05, 0.1) is 19.5 Å². The number of aliphatic hydroxyl groups is 2. The van der Waals surface area contributed by atoms with E-state index in [2.05, 4.69) is 34.4 Å². The molecule has 1 aliphatic rings. The van der Waals surface area contributed by atoms with Crippen molar-refractivity contribution >= 4 is 91.8 Å². The Morgan fingerprint density at radius 3 is 2.39 bits per heavy atom. The number of nitrogens with zero attached hydrogens (tertiary/aromatic N) is 4. The number of imidazole rings is 1. The molecule has 0 radical (unpaired) electrons. The zero-order valence-corrected chi connectivity index (χ0v) is 35.6. The van der Waals surface area contributed by atoms with Crippen molar-refractivity contribution in [3.8, 4) is 0 Å². The number of nitrogens with one attached hydrogen (secondary N) is 2. The summed E-state index contributed by atoms with van der Waals surface area (Å²) in [7, 11) is -16.4. The summed E-state index contributed by atoms with van der Waals surface area (Å²) in [6.45, 7) is 0.322. The van der Waals surface area contributed by atoms with Gasteiger partial charge in [-0.15, -0.1) is 0 Å². The Hall–Kier alpha value is -2.21. The van der Waals surface area contributed by atoms with Crippen molar-refractivity contribution in [2.45, 2.75) is 69.0 Å². The third-order valence-corrected chi connectivity index (χ3v) is 12.1. The van der Waals surface area contributed by atoms with Gasteiger partial charge in [0.25, 0.3) is 0 Å². The first-order valence-electron chi connectivity index (χ1n) is 16.2. The molecular formula is C26H43AsN7O18P3S. The van der Waals surface area contributed by atoms with E-state index in [0.29, 0.717) is 11.6 Å². The number of nitrogens with two attached hydrogens (primary N) is 1. The van der Waals surface area contributed by atoms with Gasteiger partial charge in [-0.25, -0.2) is 28.6 Å². The van der Waals surface area contributed by atoms with Crippen LogP contribution < -0.4 is 16.4 Å². The minimum absolute atomic E-state index is 0.0248. The number of hydrogen-bond donors (Lipinski definition) is 9. The molecule has 2 amide bonds. The first kappa shape index (κ1) is 48.2. The zero-order valence-electron chi connectivity index (χ0n) is 29.7. The van der Waals surface area contributed by atoms with Crippen LogP contribution in [0, 0.1) is 5.41 Å². The summed E-state index contributed by atoms with van der Waals surface area (Å²) < 4.78 is 62.0. The van der Waals surface area contributed by atoms with Crippen LogP contribution in [0.25, 0.3) is 11.2 Å². The van der Waals surface area contributed by atoms with Crippen LogP contribution in [-0.4, -0.2) is 145 Å². The molecule has 0 bridgehead atoms. The van der Waals surface area contributed by atoms with Crippen molar-refractivity contribution in [3.05, 3.63) is 12.7 Å². The van der Waals surface area contributed by atoms with Crippen LogP contribution in [0.1, 0.15) is 39.3 Å². The average Bonchev–Trinajstić information content (AvgIpc) is 3.64. The first-order chi connectivity index (χ1) is 25.9. The molecule has 25 nitrogen and oxygen atoms in total. The molecule has 56 heavy (non-hydrogen) atoms. The van der Waals surface area contributed by atoms with Gasteiger partial charge >= 0.3 is 132 Å². The van der Waals surface area contributed by atoms with E-state index < -0.39 is 84.6 Å². The monoisotopic (exact) mass is 941 g/mol. The van der Waals surface area contributed by atoms with E-state index in [1.807, 2.05) is 0 Å². The predicted molar refractivity (Wildman–Crippen MR) is 195 cm³/mol. The molecule has 3 heterocycles. The fourth-order valence-corrected chi connectivity index (χ4v) is 8.96. The molecule has 3 rings (SSSR count). The number of anilines is 1. The molecule has 3 unspecified atom stereocenters. The Morgan fingerprint density at radius 2 is 1.73 bits per heavy atom. The van der Waals surface area contributed by atoms with Crippen LogP contribution in [0.5, 0.6) is 0 Å². The Balaban J connectivity index is 1.48. The van der Waals surface area contributed by atoms with Crippen LogP contribution in [0.3, 0.4) is 0 Å². The minimum atomic E-state index is -5.58. The second-order valence-corrected chi connectivity index (χ2v) is 19.1. The van der Waals surface area contributed by atoms with Crippen LogP contribution >= 0.6 is 35.2 Å². The molecule has 2 aromatic heterocycles. The maximum absolute atomic E-state index is 12.7. The molecule has 8 atom stereocenters. The number of ether oxygens (including phenoxy) is 1. The molecule has 10 N–H and O–H groups in total. The van der Waals surface area contributed by atoms with Crippen molar-refractivity contribution in [2.75, 3.05) is 37.8 Å². The molecule has 0 aliphatic carbocycles. The molecule has 30 heteroatoms. The summed E-state index contributed by atoms with van der Waals surface area (Å²) >= 11 is 2.30. The third kappa shape index (κ3) is 14.9. The maximum atomic E-state index is 12.7. The number of fused-ring (bicyclic) bond motifs is 1. The van der Waals surface area contributed by atoms with Crippen molar-refractivity contribution < 1.29 is 85.3 Å². The number of hydrogen-bond acceptors (Lipinski definition) is 19. The Kier molecular flexibility index (Phi) is 17.8. The van der Waals surface area contributed by atoms with Gasteiger partial charge in [-0.3, -0.25) is 22.9 Å². The van der Waals surface area contributed by atoms with Gasteiger partial charge in [0.2, 0.25) is 5.91 Å². The number of ketones is 1. The van der Waals surface area contributed by atoms with E-state index in [-0.39, 0.29) is 59.6 Å². The van der Waals surface area contributed by atoms with E-state index in [9.17, 15) is 62.7 Å². The predicted octanol–water partition coefficient (Wildman–Crippen LogP) is -1.93. The van der Waals surface area contributed by atoms with Gasteiger partial charge in [-0.05, 0) is 0 Å². The molecule has 1 fully saturated rings. The SMILES string of the molecule is CC(C)(COP(=O)(O)OP(=O)(O)OC[C@H]1O[C@@H](n2cnc3c(N)ncnc32)[C@H](O)[C@@H]1OP(=O)(O)O)[C@@H](O)C(=O)NCCC(=O)NCCSC(=O)CC(=O)CC[AsH2]. The molecule has 1 saturated heterocycles. The molecule has 0 spiro atoms. The Bertz CT molecular complexity index is 1870. The number of carbonyl (C=O) groups is 4. The number of phosphoric ester groups is 3. The van der Waals surface area contributed by atoms with Gasteiger partial charge in [0.1, 0.15) is 36.3 Å². The first-order valence-corrected chi connectivity index (χ1v) is 23.4. The standard InChI is InChI=1S/C26H43AsN7O18P3S/c1-26(2,21(39)24(40)30-6-4-16(36)29-7-8-56-17(37)9-14(35)3-5-27)11-49-55(46,47)52-54(44,45)48-10-15-20(51-53(41,42)43)19(38)25(50-15)34-13-33-18-22(28)31-12-32-23(18)34/h12-13,15,19-21,25,38-39H,3-11,27H2,1-2H3,(H,29,36)(H,30,40)(H,44,45)(H,46,47)(H2,28,31,32)(H2,41,42,43)/t15-,19-,20-,21+,25-/m1/s1. The summed E-state index contributed by atoms with van der Waals surface area (Å²) in [6, 6.07) is 0. The third-order valence-electron chi connectivity index (χ3n) is 7.53. The van der Waals surface area contributed by atoms with Crippen LogP contribution in [0.4, 0.5) is 5.82 Å². The summed E-state index contributed by atoms with van der Waals surface area (Å²) in [5.41, 5.74) is 4.23. The quantitative estimate of drug-likeness (QED) is 0.0253. The van der Waals surface area contributed by atoms with Crippen molar-refractivity contribution in [1.82, 2.24) is 30.2 Å². The summed E-state index contributed by atoms with van der Waals surface area (Å²) in [6.07, 6.45) is -6.85. The molecule has 1 aliphatic heterocycles. The number of carbonyl (C=O) groups excluding carboxylic acids is 4. The van der Waals surface area contributed by atoms with Gasteiger partial charge in [-0.2, -0.15) is 4.31 Å². The van der Waals surface area contributed by atoms with Crippen molar-refractivity contribution in [1.29, 1.82) is 0 Å². The van der Waals surface area contributed by atoms with E-state index >= 15 is 0 Å². The second kappa shape index (κ2) is 20.7. The van der Waals surface area contributed by atoms with Gasteiger partial charge in [0.15, 0.2) is 17.7 Å². The number of Topliss-reactive ketones (excluding diaryl/α,β-unsaturated/α-hetero) is 1. The number of phosphoric acid groups is 3. The number of thioether (sulfide) groups is 1. The molecule has 0 saturated carbocycles. The summed E-state index contributed by atoms with van der Waals surface area (Å²) in [5.74, 6) is -1.45. The van der Waals surface area contributed by atoms with Crippen molar-refractivity contribution in [3.63, 3.8) is 0 Å². The van der Waals surface area contributed by atoms with E-state index in [1.54, 1.807) is 0 Å². The number of rotatable bonds is 23. The number of nitrogen functional groups attached to an aromatic ring is 1.